The molecule has 0 spiro atoms. The highest BCUT2D eigenvalue weighted by Crippen LogP contribution is 2.47. The van der Waals surface area contributed by atoms with Crippen LogP contribution in [0.3, 0.4) is 0 Å². The van der Waals surface area contributed by atoms with Gasteiger partial charge in [-0.1, -0.05) is 121 Å². The molecule has 0 radical (unpaired) electrons. The van der Waals surface area contributed by atoms with E-state index in [4.69, 9.17) is 9.97 Å². The number of H-pyrrole nitrogens is 2. The van der Waals surface area contributed by atoms with E-state index < -0.39 is 10.1 Å². The van der Waals surface area contributed by atoms with Crippen LogP contribution in [0.5, 0.6) is 0 Å². The lowest BCUT2D eigenvalue weighted by atomic mass is 9.89. The number of hydrogen-bond donors (Lipinski definition) is 3. The fourth-order valence-electron chi connectivity index (χ4n) is 7.10. The summed E-state index contributed by atoms with van der Waals surface area (Å²) in [5.41, 5.74) is 11.2. The molecule has 3 N–H and O–H groups in total. The SMILES string of the molecule is O=S(=O)(O)c1c(-c2ccccc2)c2[nH]c1cc1nc(cc3ccc(cc4nc(c2-c2ccccc2)C(c2ccccc2)=C4c2ccccc2)[nH]3)C=C1. The Morgan fingerprint density at radius 2 is 1.00 bits per heavy atom. The summed E-state index contributed by atoms with van der Waals surface area (Å²) in [4.78, 5) is 17.0. The smallest absolute Gasteiger partial charge is 0.297 e. The zero-order valence-corrected chi connectivity index (χ0v) is 28.5. The van der Waals surface area contributed by atoms with Gasteiger partial charge in [0.15, 0.2) is 0 Å². The van der Waals surface area contributed by atoms with Crippen LogP contribution in [0.25, 0.3) is 67.6 Å². The summed E-state index contributed by atoms with van der Waals surface area (Å²) < 4.78 is 38.1. The van der Waals surface area contributed by atoms with Crippen LogP contribution in [-0.4, -0.2) is 32.9 Å². The number of rotatable bonds is 5. The fourth-order valence-corrected chi connectivity index (χ4v) is 7.96. The van der Waals surface area contributed by atoms with Gasteiger partial charge in [-0.2, -0.15) is 8.42 Å². The Kier molecular flexibility index (Phi) is 7.61. The highest BCUT2D eigenvalue weighted by atomic mass is 32.2. The van der Waals surface area contributed by atoms with Gasteiger partial charge in [-0.3, -0.25) is 4.55 Å². The molecular formula is C44H30N4O3S. The molecular weight excluding hydrogens is 665 g/mol. The van der Waals surface area contributed by atoms with Crippen molar-refractivity contribution in [3.05, 3.63) is 186 Å². The van der Waals surface area contributed by atoms with Crippen molar-refractivity contribution in [2.45, 2.75) is 4.90 Å². The van der Waals surface area contributed by atoms with E-state index in [0.29, 0.717) is 39.3 Å². The van der Waals surface area contributed by atoms with Gasteiger partial charge in [0.2, 0.25) is 0 Å². The van der Waals surface area contributed by atoms with Crippen molar-refractivity contribution in [1.82, 2.24) is 19.9 Å². The molecule has 8 bridgehead atoms. The van der Waals surface area contributed by atoms with Gasteiger partial charge in [-0.15, -0.1) is 0 Å². The molecule has 5 heterocycles. The van der Waals surface area contributed by atoms with Gasteiger partial charge in [0, 0.05) is 33.3 Å². The van der Waals surface area contributed by atoms with Crippen molar-refractivity contribution in [1.29, 1.82) is 0 Å². The molecule has 52 heavy (non-hydrogen) atoms. The van der Waals surface area contributed by atoms with Crippen molar-refractivity contribution in [3.63, 3.8) is 0 Å². The van der Waals surface area contributed by atoms with Gasteiger partial charge in [-0.25, -0.2) is 9.97 Å². The maximum absolute atomic E-state index is 13.6. The van der Waals surface area contributed by atoms with Crippen molar-refractivity contribution in [2.24, 2.45) is 0 Å². The third kappa shape index (κ3) is 5.66. The van der Waals surface area contributed by atoms with E-state index in [-0.39, 0.29) is 10.4 Å². The molecule has 8 heteroatoms. The van der Waals surface area contributed by atoms with Crippen LogP contribution in [0.4, 0.5) is 0 Å². The number of fused-ring (bicyclic) bond motifs is 8. The van der Waals surface area contributed by atoms with E-state index in [9.17, 15) is 13.0 Å². The molecule has 0 aliphatic carbocycles. The Morgan fingerprint density at radius 3 is 1.58 bits per heavy atom. The number of nitrogens with zero attached hydrogens (tertiary/aromatic N) is 2. The second kappa shape index (κ2) is 12.6. The normalized spacial score (nSPS) is 12.7. The summed E-state index contributed by atoms with van der Waals surface area (Å²) in [6, 6.07) is 49.0. The summed E-state index contributed by atoms with van der Waals surface area (Å²) in [5, 5.41) is 0. The molecule has 9 rings (SSSR count). The highest BCUT2D eigenvalue weighted by molar-refractivity contribution is 7.86. The number of hydrogen-bond acceptors (Lipinski definition) is 4. The first kappa shape index (κ1) is 31.4. The van der Waals surface area contributed by atoms with Crippen LogP contribution >= 0.6 is 0 Å². The van der Waals surface area contributed by atoms with Crippen molar-refractivity contribution >= 4 is 55.5 Å². The van der Waals surface area contributed by atoms with Crippen LogP contribution in [0.1, 0.15) is 33.9 Å². The number of nitrogens with one attached hydrogen (secondary N) is 2. The lowest BCUT2D eigenvalue weighted by Gasteiger charge is -2.13. The minimum atomic E-state index is -4.79. The topological polar surface area (TPSA) is 112 Å². The highest BCUT2D eigenvalue weighted by Gasteiger charge is 2.30. The first-order valence-electron chi connectivity index (χ1n) is 16.8. The minimum Gasteiger partial charge on any atom is -0.355 e. The summed E-state index contributed by atoms with van der Waals surface area (Å²) in [6.45, 7) is 0. The third-order valence-corrected chi connectivity index (χ3v) is 10.2. The number of aromatic nitrogens is 4. The van der Waals surface area contributed by atoms with E-state index in [2.05, 4.69) is 34.2 Å². The first-order valence-corrected chi connectivity index (χ1v) is 18.3. The van der Waals surface area contributed by atoms with Crippen LogP contribution in [0.2, 0.25) is 0 Å². The van der Waals surface area contributed by atoms with E-state index in [1.54, 1.807) is 6.07 Å². The van der Waals surface area contributed by atoms with E-state index in [0.717, 1.165) is 44.6 Å². The monoisotopic (exact) mass is 694 g/mol. The van der Waals surface area contributed by atoms with Crippen molar-refractivity contribution in [3.8, 4) is 22.3 Å². The van der Waals surface area contributed by atoms with Crippen molar-refractivity contribution in [2.75, 3.05) is 0 Å². The second-order valence-electron chi connectivity index (χ2n) is 12.6. The zero-order chi connectivity index (χ0) is 35.2. The average molecular weight is 695 g/mol. The lowest BCUT2D eigenvalue weighted by Crippen LogP contribution is -1.99. The number of aromatic amines is 2. The van der Waals surface area contributed by atoms with Gasteiger partial charge >= 0.3 is 0 Å². The predicted molar refractivity (Wildman–Crippen MR) is 209 cm³/mol. The van der Waals surface area contributed by atoms with Gasteiger partial charge < -0.3 is 9.97 Å². The maximum atomic E-state index is 13.6. The molecule has 7 aromatic rings. The van der Waals surface area contributed by atoms with E-state index in [1.165, 1.54) is 0 Å². The van der Waals surface area contributed by atoms with Crippen LogP contribution in [-0.2, 0) is 10.1 Å². The quantitative estimate of drug-likeness (QED) is 0.155. The molecule has 2 aliphatic rings. The molecule has 0 fully saturated rings. The van der Waals surface area contributed by atoms with Gasteiger partial charge in [-0.05, 0) is 64.7 Å². The molecule has 3 aromatic heterocycles. The standard InChI is InChI=1S/C44H30N4O3S/c49-52(50,51)44-37-27-35-24-22-33(46-35)25-32-21-23-34(45-32)26-36-38(28-13-5-1-6-14-28)39(29-15-7-2-8-16-29)42(47-36)40(30-17-9-3-10-18-30)43(48-37)41(44)31-19-11-4-12-20-31/h1-27,45,48H,(H,49,50,51). The van der Waals surface area contributed by atoms with E-state index >= 15 is 0 Å². The molecule has 0 amide bonds. The Labute approximate surface area is 300 Å². The summed E-state index contributed by atoms with van der Waals surface area (Å²) in [5.74, 6) is 0. The summed E-state index contributed by atoms with van der Waals surface area (Å²) in [7, 11) is -4.79. The third-order valence-electron chi connectivity index (χ3n) is 9.25. The Bertz CT molecular complexity index is 2840. The average Bonchev–Trinajstić information content (AvgIpc) is 3.96. The van der Waals surface area contributed by atoms with Gasteiger partial charge in [0.05, 0.1) is 33.8 Å². The largest absolute Gasteiger partial charge is 0.355 e. The first-order chi connectivity index (χ1) is 25.4. The molecule has 250 valence electrons. The van der Waals surface area contributed by atoms with Crippen LogP contribution < -0.4 is 0 Å². The molecule has 2 aliphatic heterocycles. The maximum Gasteiger partial charge on any atom is 0.297 e. The molecule has 0 atom stereocenters. The summed E-state index contributed by atoms with van der Waals surface area (Å²) in [6.07, 6.45) is 3.69. The van der Waals surface area contributed by atoms with Gasteiger partial charge in [0.25, 0.3) is 10.1 Å². The Hall–Kier alpha value is -6.61. The second-order valence-corrected chi connectivity index (χ2v) is 14.0. The Balaban J connectivity index is 1.59. The molecule has 0 saturated carbocycles. The predicted octanol–water partition coefficient (Wildman–Crippen LogP) is 10.1. The summed E-state index contributed by atoms with van der Waals surface area (Å²) >= 11 is 0. The minimum absolute atomic E-state index is 0.201. The van der Waals surface area contributed by atoms with Gasteiger partial charge in [0.1, 0.15) is 4.90 Å². The molecule has 7 nitrogen and oxygen atoms in total. The fraction of sp³-hybridized carbons (Fsp3) is 0. The number of benzene rings is 4. The van der Waals surface area contributed by atoms with Crippen LogP contribution in [0.15, 0.2) is 157 Å². The molecule has 4 aromatic carbocycles. The molecule has 0 unspecified atom stereocenters. The lowest BCUT2D eigenvalue weighted by molar-refractivity contribution is 0.484. The van der Waals surface area contributed by atoms with Crippen molar-refractivity contribution < 1.29 is 13.0 Å². The molecule has 0 saturated heterocycles. The van der Waals surface area contributed by atoms with E-state index in [1.807, 2.05) is 133 Å². The Morgan fingerprint density at radius 1 is 0.500 bits per heavy atom. The zero-order valence-electron chi connectivity index (χ0n) is 27.7. The van der Waals surface area contributed by atoms with Crippen LogP contribution in [0, 0.1) is 0 Å².